The number of carbonyl (C=O) groups is 3. The van der Waals surface area contributed by atoms with Crippen molar-refractivity contribution in [2.75, 3.05) is 31.6 Å². The van der Waals surface area contributed by atoms with Gasteiger partial charge in [-0.15, -0.1) is 0 Å². The zero-order valence-corrected chi connectivity index (χ0v) is 21.8. The van der Waals surface area contributed by atoms with Crippen molar-refractivity contribution in [1.82, 2.24) is 15.2 Å². The second kappa shape index (κ2) is 11.6. The summed E-state index contributed by atoms with van der Waals surface area (Å²) in [6, 6.07) is 15.2. The van der Waals surface area contributed by atoms with Gasteiger partial charge >= 0.3 is 0 Å². The van der Waals surface area contributed by atoms with Gasteiger partial charge < -0.3 is 24.6 Å². The van der Waals surface area contributed by atoms with Crippen molar-refractivity contribution in [3.8, 4) is 5.75 Å². The number of piperidine rings is 1. The summed E-state index contributed by atoms with van der Waals surface area (Å²) in [4.78, 5) is 45.0. The Bertz CT molecular complexity index is 1310. The number of amides is 2. The molecule has 38 heavy (non-hydrogen) atoms. The molecular formula is C30H34N4O4. The lowest BCUT2D eigenvalue weighted by Crippen LogP contribution is -2.46. The molecule has 198 valence electrons. The molecule has 1 atom stereocenters. The minimum absolute atomic E-state index is 0.194. The number of aromatic nitrogens is 1. The molecule has 1 fully saturated rings. The predicted molar refractivity (Wildman–Crippen MR) is 146 cm³/mol. The number of pyridine rings is 1. The van der Waals surface area contributed by atoms with Crippen molar-refractivity contribution in [3.63, 3.8) is 0 Å². The molecule has 2 aromatic carbocycles. The van der Waals surface area contributed by atoms with E-state index < -0.39 is 6.04 Å². The fourth-order valence-corrected chi connectivity index (χ4v) is 5.69. The topological polar surface area (TPSA) is 91.8 Å². The van der Waals surface area contributed by atoms with Crippen molar-refractivity contribution >= 4 is 34.7 Å². The molecule has 0 saturated carbocycles. The van der Waals surface area contributed by atoms with E-state index in [2.05, 4.69) is 39.5 Å². The van der Waals surface area contributed by atoms with E-state index in [9.17, 15) is 14.4 Å². The number of rotatable bonds is 10. The standard InChI is InChI=1S/C30H34N4O4/c1-31-29(36)27(9-5-18-35)34-20-24-22(30(34)37)7-4-10-28(24)38-19-14-21-12-16-33(17-13-21)26-11-15-32-25-8-3-2-6-23(25)26/h2-4,6-8,10-11,15,18,21,27H,5,9,12-14,16-17,19-20H2,1H3,(H,31,36). The average molecular weight is 515 g/mol. The lowest BCUT2D eigenvalue weighted by Gasteiger charge is -2.34. The normalized spacial score (nSPS) is 16.4. The van der Waals surface area contributed by atoms with Gasteiger partial charge in [-0.05, 0) is 55.9 Å². The van der Waals surface area contributed by atoms with Crippen LogP contribution < -0.4 is 15.0 Å². The van der Waals surface area contributed by atoms with E-state index in [4.69, 9.17) is 4.74 Å². The first-order valence-corrected chi connectivity index (χ1v) is 13.4. The number of fused-ring (bicyclic) bond motifs is 2. The van der Waals surface area contributed by atoms with Crippen LogP contribution >= 0.6 is 0 Å². The minimum atomic E-state index is -0.680. The maximum Gasteiger partial charge on any atom is 0.255 e. The number of likely N-dealkylation sites (N-methyl/N-ethyl adjacent to an activating group) is 1. The van der Waals surface area contributed by atoms with Crippen LogP contribution in [-0.4, -0.2) is 60.8 Å². The Morgan fingerprint density at radius 2 is 1.97 bits per heavy atom. The molecule has 0 spiro atoms. The van der Waals surface area contributed by atoms with Gasteiger partial charge in [0, 0.05) is 55.0 Å². The molecule has 8 nitrogen and oxygen atoms in total. The summed E-state index contributed by atoms with van der Waals surface area (Å²) in [5, 5.41) is 3.82. The molecule has 1 N–H and O–H groups in total. The summed E-state index contributed by atoms with van der Waals surface area (Å²) in [6.07, 6.45) is 6.34. The van der Waals surface area contributed by atoms with E-state index in [1.807, 2.05) is 24.4 Å². The Balaban J connectivity index is 1.17. The van der Waals surface area contributed by atoms with Crippen molar-refractivity contribution in [3.05, 3.63) is 65.9 Å². The fourth-order valence-electron chi connectivity index (χ4n) is 5.69. The molecule has 2 aliphatic rings. The monoisotopic (exact) mass is 514 g/mol. The summed E-state index contributed by atoms with van der Waals surface area (Å²) in [7, 11) is 1.54. The largest absolute Gasteiger partial charge is 0.493 e. The van der Waals surface area contributed by atoms with Crippen LogP contribution in [0.25, 0.3) is 10.9 Å². The number of carbonyl (C=O) groups excluding carboxylic acids is 3. The highest BCUT2D eigenvalue weighted by Gasteiger charge is 2.37. The molecule has 0 aliphatic carbocycles. The van der Waals surface area contributed by atoms with Crippen molar-refractivity contribution < 1.29 is 19.1 Å². The number of nitrogens with zero attached hydrogens (tertiary/aromatic N) is 3. The summed E-state index contributed by atoms with van der Waals surface area (Å²) in [6.45, 7) is 2.89. The molecule has 8 heteroatoms. The number of ether oxygens (including phenoxy) is 1. The first kappa shape index (κ1) is 25.7. The first-order chi connectivity index (χ1) is 18.6. The average Bonchev–Trinajstić information content (AvgIpc) is 3.30. The number of hydrogen-bond acceptors (Lipinski definition) is 6. The minimum Gasteiger partial charge on any atom is -0.493 e. The second-order valence-electron chi connectivity index (χ2n) is 10.0. The lowest BCUT2D eigenvalue weighted by atomic mass is 9.93. The Hall–Kier alpha value is -3.94. The maximum absolute atomic E-state index is 13.1. The smallest absolute Gasteiger partial charge is 0.255 e. The summed E-state index contributed by atoms with van der Waals surface area (Å²) in [5.74, 6) is 0.822. The molecule has 1 saturated heterocycles. The Labute approximate surface area is 223 Å². The number of aldehydes is 1. The molecule has 0 bridgehead atoms. The zero-order valence-electron chi connectivity index (χ0n) is 21.8. The van der Waals surface area contributed by atoms with Gasteiger partial charge in [-0.3, -0.25) is 14.6 Å². The third-order valence-corrected chi connectivity index (χ3v) is 7.80. The van der Waals surface area contributed by atoms with Crippen LogP contribution in [0.5, 0.6) is 5.75 Å². The van der Waals surface area contributed by atoms with Crippen LogP contribution in [0.3, 0.4) is 0 Å². The fraction of sp³-hybridized carbons (Fsp3) is 0.400. The molecule has 1 unspecified atom stereocenters. The Kier molecular flexibility index (Phi) is 7.86. The highest BCUT2D eigenvalue weighted by atomic mass is 16.5. The number of benzene rings is 2. The van der Waals surface area contributed by atoms with Crippen LogP contribution in [0, 0.1) is 5.92 Å². The van der Waals surface area contributed by atoms with Gasteiger partial charge in [-0.1, -0.05) is 24.3 Å². The number of para-hydroxylation sites is 1. The molecule has 2 aliphatic heterocycles. The van der Waals surface area contributed by atoms with Gasteiger partial charge in [-0.2, -0.15) is 0 Å². The summed E-state index contributed by atoms with van der Waals surface area (Å²) >= 11 is 0. The molecule has 0 radical (unpaired) electrons. The molecule has 1 aromatic heterocycles. The van der Waals surface area contributed by atoms with Gasteiger partial charge in [0.2, 0.25) is 5.91 Å². The lowest BCUT2D eigenvalue weighted by molar-refractivity contribution is -0.125. The van der Waals surface area contributed by atoms with Gasteiger partial charge in [0.15, 0.2) is 0 Å². The molecule has 3 heterocycles. The highest BCUT2D eigenvalue weighted by molar-refractivity contribution is 6.01. The molecule has 2 amide bonds. The predicted octanol–water partition coefficient (Wildman–Crippen LogP) is 3.97. The van der Waals surface area contributed by atoms with E-state index >= 15 is 0 Å². The van der Waals surface area contributed by atoms with Crippen LogP contribution in [0.15, 0.2) is 54.7 Å². The third-order valence-electron chi connectivity index (χ3n) is 7.80. The van der Waals surface area contributed by atoms with Gasteiger partial charge in [0.05, 0.1) is 18.7 Å². The van der Waals surface area contributed by atoms with Gasteiger partial charge in [0.1, 0.15) is 18.1 Å². The second-order valence-corrected chi connectivity index (χ2v) is 10.0. The number of anilines is 1. The van der Waals surface area contributed by atoms with E-state index in [-0.39, 0.29) is 18.2 Å². The summed E-state index contributed by atoms with van der Waals surface area (Å²) < 4.78 is 6.21. The van der Waals surface area contributed by atoms with Gasteiger partial charge in [-0.25, -0.2) is 0 Å². The van der Waals surface area contributed by atoms with Crippen molar-refractivity contribution in [1.29, 1.82) is 0 Å². The van der Waals surface area contributed by atoms with Crippen LogP contribution in [0.2, 0.25) is 0 Å². The Morgan fingerprint density at radius 1 is 1.16 bits per heavy atom. The molecular weight excluding hydrogens is 480 g/mol. The number of hydrogen-bond donors (Lipinski definition) is 1. The van der Waals surface area contributed by atoms with E-state index in [1.54, 1.807) is 18.0 Å². The van der Waals surface area contributed by atoms with Crippen LogP contribution in [0.4, 0.5) is 5.69 Å². The number of nitrogens with one attached hydrogen (secondary N) is 1. The highest BCUT2D eigenvalue weighted by Crippen LogP contribution is 2.34. The van der Waals surface area contributed by atoms with E-state index in [1.165, 1.54) is 11.1 Å². The molecule has 3 aromatic rings. The van der Waals surface area contributed by atoms with Crippen LogP contribution in [-0.2, 0) is 16.1 Å². The maximum atomic E-state index is 13.1. The van der Waals surface area contributed by atoms with Crippen molar-refractivity contribution in [2.45, 2.75) is 44.7 Å². The van der Waals surface area contributed by atoms with Crippen LogP contribution in [0.1, 0.15) is 48.0 Å². The van der Waals surface area contributed by atoms with E-state index in [0.717, 1.165) is 49.7 Å². The SMILES string of the molecule is CNC(=O)C(CCC=O)N1Cc2c(OCCC3CCN(c4ccnc5ccccc45)CC3)cccc2C1=O. The first-order valence-electron chi connectivity index (χ1n) is 13.4. The van der Waals surface area contributed by atoms with E-state index in [0.29, 0.717) is 36.8 Å². The Morgan fingerprint density at radius 3 is 2.76 bits per heavy atom. The molecule has 5 rings (SSSR count). The zero-order chi connectivity index (χ0) is 26.5. The quantitative estimate of drug-likeness (QED) is 0.412. The summed E-state index contributed by atoms with van der Waals surface area (Å²) in [5.41, 5.74) is 3.66. The van der Waals surface area contributed by atoms with Gasteiger partial charge in [0.25, 0.3) is 5.91 Å². The van der Waals surface area contributed by atoms with Crippen molar-refractivity contribution in [2.24, 2.45) is 5.92 Å². The third kappa shape index (κ3) is 5.21.